The number of benzene rings is 7. The van der Waals surface area contributed by atoms with Gasteiger partial charge >= 0.3 is 0 Å². The van der Waals surface area contributed by atoms with Crippen LogP contribution in [0.1, 0.15) is 29.8 Å². The highest BCUT2D eigenvalue weighted by atomic mass is 15.0. The van der Waals surface area contributed by atoms with E-state index >= 15 is 0 Å². The fraction of sp³-hybridized carbons (Fsp3) is 0.0345. The number of allylic oxidation sites excluding steroid dienone is 1. The van der Waals surface area contributed by atoms with Crippen LogP contribution in [0.25, 0.3) is 82.9 Å². The third-order valence-electron chi connectivity index (χ3n) is 12.4. The quantitative estimate of drug-likeness (QED) is 0.161. The molecule has 0 atom stereocenters. The second-order valence-electron chi connectivity index (χ2n) is 16.2. The van der Waals surface area contributed by atoms with Gasteiger partial charge in [-0.05, 0) is 132 Å². The van der Waals surface area contributed by atoms with Crippen molar-refractivity contribution in [1.29, 1.82) is 0 Å². The molecule has 7 aromatic carbocycles. The lowest BCUT2D eigenvalue weighted by atomic mass is 9.97. The molecule has 11 aromatic rings. The van der Waals surface area contributed by atoms with E-state index in [0.717, 1.165) is 63.7 Å². The van der Waals surface area contributed by atoms with Gasteiger partial charge in [0.25, 0.3) is 0 Å². The molecule has 4 aromatic heterocycles. The average Bonchev–Trinajstić information content (AvgIpc) is 3.87. The van der Waals surface area contributed by atoms with Crippen molar-refractivity contribution in [3.05, 3.63) is 236 Å². The Morgan fingerprint density at radius 2 is 0.891 bits per heavy atom. The molecule has 0 aliphatic carbocycles. The molecule has 0 bridgehead atoms. The molecule has 0 radical (unpaired) electrons. The summed E-state index contributed by atoms with van der Waals surface area (Å²) in [6.07, 6.45) is 7.28. The van der Waals surface area contributed by atoms with Gasteiger partial charge < -0.3 is 9.13 Å². The second kappa shape index (κ2) is 15.8. The Morgan fingerprint density at radius 3 is 1.55 bits per heavy atom. The van der Waals surface area contributed by atoms with E-state index in [9.17, 15) is 0 Å². The van der Waals surface area contributed by atoms with E-state index in [4.69, 9.17) is 9.98 Å². The number of hydrogen-bond donors (Lipinski definition) is 0. The van der Waals surface area contributed by atoms with Crippen LogP contribution in [0.5, 0.6) is 0 Å². The van der Waals surface area contributed by atoms with Crippen molar-refractivity contribution >= 4 is 60.9 Å². The average molecular weight is 821 g/mol. The smallest absolute Gasteiger partial charge is 0.179 e. The molecule has 1 aliphatic rings. The summed E-state index contributed by atoms with van der Waals surface area (Å²) in [5.74, 6) is 0.577. The summed E-state index contributed by atoms with van der Waals surface area (Å²) in [5.41, 5.74) is 16.1. The first-order chi connectivity index (χ1) is 31.7. The Hall–Kier alpha value is -8.48. The minimum atomic E-state index is 0.577. The van der Waals surface area contributed by atoms with Crippen molar-refractivity contribution in [1.82, 2.24) is 19.1 Å². The van der Waals surface area contributed by atoms with Gasteiger partial charge in [-0.3, -0.25) is 9.97 Å². The van der Waals surface area contributed by atoms with Gasteiger partial charge in [-0.2, -0.15) is 0 Å². The van der Waals surface area contributed by atoms with Gasteiger partial charge in [-0.25, -0.2) is 9.98 Å². The minimum Gasteiger partial charge on any atom is -0.309 e. The first-order valence-electron chi connectivity index (χ1n) is 21.8. The van der Waals surface area contributed by atoms with Crippen molar-refractivity contribution in [3.8, 4) is 33.6 Å². The Kier molecular flexibility index (Phi) is 9.19. The zero-order valence-electron chi connectivity index (χ0n) is 34.9. The van der Waals surface area contributed by atoms with E-state index in [1.54, 1.807) is 12.4 Å². The summed E-state index contributed by atoms with van der Waals surface area (Å²) in [7, 11) is 0. The number of hydrogen-bond acceptors (Lipinski definition) is 4. The van der Waals surface area contributed by atoms with Gasteiger partial charge in [0.1, 0.15) is 5.69 Å². The van der Waals surface area contributed by atoms with E-state index in [-0.39, 0.29) is 0 Å². The summed E-state index contributed by atoms with van der Waals surface area (Å²) in [6.45, 7) is 0. The standard InChI is InChI=1S/C58H40N6/c1-2-16-44(17-3-1)63-54-24-6-4-18-46(54)48-37-41(28-32-56(48)63)39-26-30-45(31-27-39)64-55-25-7-5-19-47(55)49-38-42(29-33-57(49)64)40-14-12-15-43(36-40)50-22-13-23-52(51-20-8-10-34-59-51)62-58(61-50)53-21-9-11-35-60-53/h1-12,14-21,23-38H,13,22H2. The molecular formula is C58H40N6. The highest BCUT2D eigenvalue weighted by Crippen LogP contribution is 2.38. The zero-order valence-corrected chi connectivity index (χ0v) is 34.9. The van der Waals surface area contributed by atoms with Crippen molar-refractivity contribution in [3.63, 3.8) is 0 Å². The molecule has 0 spiro atoms. The van der Waals surface area contributed by atoms with E-state index in [1.165, 1.54) is 54.7 Å². The topological polar surface area (TPSA) is 60.4 Å². The predicted octanol–water partition coefficient (Wildman–Crippen LogP) is 14.1. The Bertz CT molecular complexity index is 3630. The lowest BCUT2D eigenvalue weighted by molar-refractivity contribution is 1.08. The molecule has 0 saturated heterocycles. The van der Waals surface area contributed by atoms with Crippen LogP contribution in [0.3, 0.4) is 0 Å². The molecule has 0 saturated carbocycles. The van der Waals surface area contributed by atoms with Gasteiger partial charge in [0.2, 0.25) is 0 Å². The molecule has 5 heterocycles. The monoisotopic (exact) mass is 820 g/mol. The van der Waals surface area contributed by atoms with E-state index in [1.807, 2.05) is 36.4 Å². The van der Waals surface area contributed by atoms with Gasteiger partial charge in [0.15, 0.2) is 5.84 Å². The summed E-state index contributed by atoms with van der Waals surface area (Å²) in [6, 6.07) is 71.2. The van der Waals surface area contributed by atoms with Crippen molar-refractivity contribution in [2.24, 2.45) is 9.98 Å². The number of nitrogens with zero attached hydrogens (tertiary/aromatic N) is 6. The molecule has 0 amide bonds. The highest BCUT2D eigenvalue weighted by Gasteiger charge is 2.18. The number of rotatable bonds is 7. The summed E-state index contributed by atoms with van der Waals surface area (Å²) in [4.78, 5) is 19.5. The molecule has 302 valence electrons. The van der Waals surface area contributed by atoms with Crippen LogP contribution in [0.4, 0.5) is 0 Å². The molecule has 1 aliphatic heterocycles. The summed E-state index contributed by atoms with van der Waals surface area (Å²) in [5, 5.41) is 4.93. The first kappa shape index (κ1) is 37.3. The van der Waals surface area contributed by atoms with Crippen LogP contribution in [0, 0.1) is 0 Å². The van der Waals surface area contributed by atoms with Crippen molar-refractivity contribution in [2.75, 3.05) is 0 Å². The van der Waals surface area contributed by atoms with Gasteiger partial charge in [0, 0.05) is 45.3 Å². The van der Waals surface area contributed by atoms with E-state index in [0.29, 0.717) is 5.84 Å². The van der Waals surface area contributed by atoms with Gasteiger partial charge in [-0.1, -0.05) is 115 Å². The Morgan fingerprint density at radius 1 is 0.359 bits per heavy atom. The molecule has 0 fully saturated rings. The molecule has 12 rings (SSSR count). The van der Waals surface area contributed by atoms with Crippen LogP contribution in [-0.4, -0.2) is 30.6 Å². The fourth-order valence-electron chi connectivity index (χ4n) is 9.33. The lowest BCUT2D eigenvalue weighted by Gasteiger charge is -2.13. The molecule has 0 unspecified atom stereocenters. The predicted molar refractivity (Wildman–Crippen MR) is 265 cm³/mol. The molecule has 6 nitrogen and oxygen atoms in total. The SMILES string of the molecule is C1=C(c2ccccn2)N=C(c2ccccn2)N=C(c2cccc(-c3ccc4c(c3)c3ccccc3n4-c3ccc(-c4ccc5c(c4)c4ccccc4n5-c4ccccc4)cc3)c2)CC1. The van der Waals surface area contributed by atoms with Gasteiger partial charge in [-0.15, -0.1) is 0 Å². The second-order valence-corrected chi connectivity index (χ2v) is 16.2. The normalized spacial score (nSPS) is 13.2. The first-order valence-corrected chi connectivity index (χ1v) is 21.8. The van der Waals surface area contributed by atoms with Crippen molar-refractivity contribution in [2.45, 2.75) is 12.8 Å². The zero-order chi connectivity index (χ0) is 42.4. The third kappa shape index (κ3) is 6.60. The van der Waals surface area contributed by atoms with Crippen LogP contribution in [-0.2, 0) is 0 Å². The lowest BCUT2D eigenvalue weighted by Crippen LogP contribution is -2.10. The van der Waals surface area contributed by atoms with Crippen LogP contribution in [0.15, 0.2) is 229 Å². The van der Waals surface area contributed by atoms with Gasteiger partial charge in [0.05, 0.1) is 39.2 Å². The summed E-state index contributed by atoms with van der Waals surface area (Å²) >= 11 is 0. The minimum absolute atomic E-state index is 0.577. The van der Waals surface area contributed by atoms with Crippen molar-refractivity contribution < 1.29 is 0 Å². The number of amidine groups is 1. The third-order valence-corrected chi connectivity index (χ3v) is 12.4. The maximum atomic E-state index is 5.21. The largest absolute Gasteiger partial charge is 0.309 e. The Labute approximate surface area is 370 Å². The van der Waals surface area contributed by atoms with E-state index in [2.05, 4.69) is 189 Å². The maximum absolute atomic E-state index is 5.21. The summed E-state index contributed by atoms with van der Waals surface area (Å²) < 4.78 is 4.75. The van der Waals surface area contributed by atoms with Crippen LogP contribution in [0.2, 0.25) is 0 Å². The Balaban J connectivity index is 0.893. The number of aliphatic imine (C=N–C) groups is 2. The molecule has 64 heavy (non-hydrogen) atoms. The molecular weight excluding hydrogens is 781 g/mol. The van der Waals surface area contributed by atoms with E-state index < -0.39 is 0 Å². The number of fused-ring (bicyclic) bond motifs is 6. The fourth-order valence-corrected chi connectivity index (χ4v) is 9.33. The molecule has 6 heteroatoms. The van der Waals surface area contributed by atoms with Crippen LogP contribution < -0.4 is 0 Å². The number of aromatic nitrogens is 4. The highest BCUT2D eigenvalue weighted by molar-refractivity contribution is 6.14. The number of para-hydroxylation sites is 3. The maximum Gasteiger partial charge on any atom is 0.179 e. The number of pyridine rings is 2. The molecule has 0 N–H and O–H groups in total. The van der Waals surface area contributed by atoms with Crippen LogP contribution >= 0.6 is 0 Å².